The lowest BCUT2D eigenvalue weighted by Crippen LogP contribution is -2.30. The molecule has 2 aromatic rings. The second-order valence-electron chi connectivity index (χ2n) is 5.88. The zero-order chi connectivity index (χ0) is 19.1. The van der Waals surface area contributed by atoms with Gasteiger partial charge in [-0.05, 0) is 30.7 Å². The molecule has 6 nitrogen and oxygen atoms in total. The first-order valence-electron chi connectivity index (χ1n) is 8.13. The van der Waals surface area contributed by atoms with Crippen LogP contribution < -0.4 is 9.47 Å². The van der Waals surface area contributed by atoms with Crippen LogP contribution in [0.15, 0.2) is 42.5 Å². The summed E-state index contributed by atoms with van der Waals surface area (Å²) in [4.78, 5) is 26.0. The Kier molecular flexibility index (Phi) is 6.60. The van der Waals surface area contributed by atoms with Crippen LogP contribution in [0.5, 0.6) is 11.5 Å². The van der Waals surface area contributed by atoms with E-state index in [0.717, 1.165) is 11.1 Å². The van der Waals surface area contributed by atoms with Gasteiger partial charge in [-0.1, -0.05) is 29.8 Å². The Hall–Kier alpha value is -3.02. The minimum atomic E-state index is -0.641. The summed E-state index contributed by atoms with van der Waals surface area (Å²) >= 11 is 0. The number of amides is 1. The Bertz CT molecular complexity index is 770. The fourth-order valence-electron chi connectivity index (χ4n) is 2.34. The van der Waals surface area contributed by atoms with E-state index < -0.39 is 5.97 Å². The number of hydrogen-bond acceptors (Lipinski definition) is 5. The highest BCUT2D eigenvalue weighted by molar-refractivity contribution is 5.94. The van der Waals surface area contributed by atoms with Gasteiger partial charge in [0.2, 0.25) is 0 Å². The fourth-order valence-corrected chi connectivity index (χ4v) is 2.34. The number of esters is 1. The van der Waals surface area contributed by atoms with E-state index in [1.807, 2.05) is 31.2 Å². The molecule has 0 N–H and O–H groups in total. The Balaban J connectivity index is 1.95. The molecule has 0 bridgehead atoms. The molecule has 2 rings (SSSR count). The van der Waals surface area contributed by atoms with Gasteiger partial charge in [-0.2, -0.15) is 0 Å². The van der Waals surface area contributed by atoms with Crippen molar-refractivity contribution in [3.8, 4) is 11.5 Å². The van der Waals surface area contributed by atoms with Gasteiger partial charge in [0.15, 0.2) is 6.61 Å². The van der Waals surface area contributed by atoms with Crippen molar-refractivity contribution in [2.45, 2.75) is 13.5 Å². The van der Waals surface area contributed by atoms with Gasteiger partial charge in [0.05, 0.1) is 14.2 Å². The Labute approximate surface area is 153 Å². The van der Waals surface area contributed by atoms with Gasteiger partial charge >= 0.3 is 5.97 Å². The SMILES string of the molecule is COc1ccc(OC)c(C(=O)OCC(=O)N(C)Cc2ccc(C)cc2)c1. The molecular formula is C20H23NO5. The molecule has 1 amide bonds. The molecule has 2 aromatic carbocycles. The summed E-state index contributed by atoms with van der Waals surface area (Å²) in [5.74, 6) is -0.0737. The first-order chi connectivity index (χ1) is 12.4. The number of aryl methyl sites for hydroxylation is 1. The smallest absolute Gasteiger partial charge is 0.342 e. The molecule has 0 saturated heterocycles. The summed E-state index contributed by atoms with van der Waals surface area (Å²) in [5.41, 5.74) is 2.37. The van der Waals surface area contributed by atoms with Gasteiger partial charge in [0.1, 0.15) is 17.1 Å². The average molecular weight is 357 g/mol. The van der Waals surface area contributed by atoms with Gasteiger partial charge in [-0.15, -0.1) is 0 Å². The van der Waals surface area contributed by atoms with Crippen LogP contribution in [0.4, 0.5) is 0 Å². The first-order valence-corrected chi connectivity index (χ1v) is 8.13. The highest BCUT2D eigenvalue weighted by atomic mass is 16.5. The third kappa shape index (κ3) is 4.99. The Morgan fingerprint density at radius 2 is 1.69 bits per heavy atom. The molecule has 0 aliphatic heterocycles. The topological polar surface area (TPSA) is 65.1 Å². The van der Waals surface area contributed by atoms with Crippen molar-refractivity contribution >= 4 is 11.9 Å². The molecular weight excluding hydrogens is 334 g/mol. The monoisotopic (exact) mass is 357 g/mol. The number of carbonyl (C=O) groups excluding carboxylic acids is 2. The van der Waals surface area contributed by atoms with E-state index in [9.17, 15) is 9.59 Å². The maximum Gasteiger partial charge on any atom is 0.342 e. The van der Waals surface area contributed by atoms with E-state index in [2.05, 4.69) is 0 Å². The zero-order valence-electron chi connectivity index (χ0n) is 15.4. The van der Waals surface area contributed by atoms with E-state index in [-0.39, 0.29) is 18.1 Å². The van der Waals surface area contributed by atoms with Crippen molar-refractivity contribution in [1.82, 2.24) is 4.90 Å². The van der Waals surface area contributed by atoms with E-state index >= 15 is 0 Å². The van der Waals surface area contributed by atoms with E-state index in [1.54, 1.807) is 19.2 Å². The van der Waals surface area contributed by atoms with Crippen LogP contribution in [-0.4, -0.2) is 44.7 Å². The van der Waals surface area contributed by atoms with Crippen LogP contribution in [-0.2, 0) is 16.1 Å². The Morgan fingerprint density at radius 3 is 2.31 bits per heavy atom. The van der Waals surface area contributed by atoms with Crippen LogP contribution >= 0.6 is 0 Å². The van der Waals surface area contributed by atoms with E-state index in [0.29, 0.717) is 18.0 Å². The summed E-state index contributed by atoms with van der Waals surface area (Å²) in [5, 5.41) is 0. The molecule has 0 heterocycles. The highest BCUT2D eigenvalue weighted by Gasteiger charge is 2.18. The number of methoxy groups -OCH3 is 2. The largest absolute Gasteiger partial charge is 0.497 e. The first kappa shape index (κ1) is 19.3. The maximum atomic E-state index is 12.3. The minimum Gasteiger partial charge on any atom is -0.497 e. The number of likely N-dealkylation sites (N-methyl/N-ethyl adjacent to an activating group) is 1. The second-order valence-corrected chi connectivity index (χ2v) is 5.88. The van der Waals surface area contributed by atoms with Crippen molar-refractivity contribution in [2.75, 3.05) is 27.9 Å². The number of benzene rings is 2. The van der Waals surface area contributed by atoms with Gasteiger partial charge in [-0.3, -0.25) is 4.79 Å². The molecule has 0 fully saturated rings. The summed E-state index contributed by atoms with van der Waals surface area (Å²) in [6.07, 6.45) is 0. The van der Waals surface area contributed by atoms with Crippen LogP contribution in [0.25, 0.3) is 0 Å². The van der Waals surface area contributed by atoms with Crippen molar-refractivity contribution in [3.05, 3.63) is 59.2 Å². The number of nitrogens with zero attached hydrogens (tertiary/aromatic N) is 1. The summed E-state index contributed by atoms with van der Waals surface area (Å²) in [7, 11) is 4.63. The third-order valence-corrected chi connectivity index (χ3v) is 3.92. The van der Waals surface area contributed by atoms with E-state index in [4.69, 9.17) is 14.2 Å². The molecule has 26 heavy (non-hydrogen) atoms. The molecule has 0 saturated carbocycles. The second kappa shape index (κ2) is 8.89. The van der Waals surface area contributed by atoms with Crippen LogP contribution in [0.3, 0.4) is 0 Å². The molecule has 0 aromatic heterocycles. The molecule has 0 aliphatic carbocycles. The summed E-state index contributed by atoms with van der Waals surface area (Å²) in [6, 6.07) is 12.7. The van der Waals surface area contributed by atoms with Gasteiger partial charge < -0.3 is 19.1 Å². The summed E-state index contributed by atoms with van der Waals surface area (Å²) in [6.45, 7) is 2.10. The molecule has 0 spiro atoms. The normalized spacial score (nSPS) is 10.2. The predicted octanol–water partition coefficient (Wildman–Crippen LogP) is 2.83. The zero-order valence-corrected chi connectivity index (χ0v) is 15.4. The van der Waals surface area contributed by atoms with Crippen molar-refractivity contribution in [3.63, 3.8) is 0 Å². The van der Waals surface area contributed by atoms with Gasteiger partial charge in [-0.25, -0.2) is 4.79 Å². The van der Waals surface area contributed by atoms with Crippen LogP contribution in [0.2, 0.25) is 0 Å². The van der Waals surface area contributed by atoms with Crippen LogP contribution in [0.1, 0.15) is 21.5 Å². The molecule has 0 atom stereocenters. The van der Waals surface area contributed by atoms with Crippen molar-refractivity contribution < 1.29 is 23.8 Å². The van der Waals surface area contributed by atoms with Gasteiger partial charge in [0, 0.05) is 13.6 Å². The fraction of sp³-hybridized carbons (Fsp3) is 0.300. The lowest BCUT2D eigenvalue weighted by atomic mass is 10.1. The molecule has 138 valence electrons. The Morgan fingerprint density at radius 1 is 1.00 bits per heavy atom. The average Bonchev–Trinajstić information content (AvgIpc) is 2.66. The van der Waals surface area contributed by atoms with Gasteiger partial charge in [0.25, 0.3) is 5.91 Å². The molecule has 0 aliphatic rings. The minimum absolute atomic E-state index is 0.209. The molecule has 0 radical (unpaired) electrons. The van der Waals surface area contributed by atoms with Crippen molar-refractivity contribution in [1.29, 1.82) is 0 Å². The highest BCUT2D eigenvalue weighted by Crippen LogP contribution is 2.24. The van der Waals surface area contributed by atoms with Crippen molar-refractivity contribution in [2.24, 2.45) is 0 Å². The van der Waals surface area contributed by atoms with E-state index in [1.165, 1.54) is 25.2 Å². The number of ether oxygens (including phenoxy) is 3. The standard InChI is InChI=1S/C20H23NO5/c1-14-5-7-15(8-6-14)12-21(2)19(22)13-26-20(23)17-11-16(24-3)9-10-18(17)25-4/h5-11H,12-13H2,1-4H3. The molecule has 0 unspecified atom stereocenters. The quantitative estimate of drug-likeness (QED) is 0.713. The number of carbonyl (C=O) groups is 2. The summed E-state index contributed by atoms with van der Waals surface area (Å²) < 4.78 is 15.4. The maximum absolute atomic E-state index is 12.3. The third-order valence-electron chi connectivity index (χ3n) is 3.92. The lowest BCUT2D eigenvalue weighted by molar-refractivity contribution is -0.133. The molecule has 6 heteroatoms. The number of hydrogen-bond donors (Lipinski definition) is 0. The predicted molar refractivity (Wildman–Crippen MR) is 97.5 cm³/mol. The number of rotatable bonds is 7. The van der Waals surface area contributed by atoms with Crippen LogP contribution in [0, 0.1) is 6.92 Å². The lowest BCUT2D eigenvalue weighted by Gasteiger charge is -2.17.